The normalized spacial score (nSPS) is 11.1. The number of rotatable bonds is 4. The third kappa shape index (κ3) is 3.53. The predicted octanol–water partition coefficient (Wildman–Crippen LogP) is 2.65. The van der Waals surface area contributed by atoms with Crippen molar-refractivity contribution in [1.29, 1.82) is 0 Å². The van der Waals surface area contributed by atoms with Crippen molar-refractivity contribution in [2.45, 2.75) is 4.90 Å². The Hall–Kier alpha value is -2.06. The van der Waals surface area contributed by atoms with Gasteiger partial charge in [-0.05, 0) is 52.3 Å². The molecular formula is C13H10BrNO5S. The molecule has 0 spiro atoms. The molecule has 0 unspecified atom stereocenters. The SMILES string of the molecule is O=C(O)c1cccc(S(=O)(=O)Nc2ccc(O)c(Br)c2)c1. The van der Waals surface area contributed by atoms with Crippen LogP contribution in [0.3, 0.4) is 0 Å². The second-order valence-corrected chi connectivity index (χ2v) is 6.64. The van der Waals surface area contributed by atoms with E-state index in [9.17, 15) is 18.3 Å². The molecule has 2 aromatic carbocycles. The molecule has 0 aliphatic carbocycles. The van der Waals surface area contributed by atoms with Crippen molar-refractivity contribution in [1.82, 2.24) is 0 Å². The maximum atomic E-state index is 12.2. The molecule has 110 valence electrons. The summed E-state index contributed by atoms with van der Waals surface area (Å²) in [7, 11) is -3.91. The maximum Gasteiger partial charge on any atom is 0.335 e. The first kappa shape index (κ1) is 15.3. The lowest BCUT2D eigenvalue weighted by molar-refractivity contribution is 0.0696. The Kier molecular flexibility index (Phi) is 4.19. The van der Waals surface area contributed by atoms with Gasteiger partial charge in [0.25, 0.3) is 10.0 Å². The van der Waals surface area contributed by atoms with Gasteiger partial charge in [0.05, 0.1) is 20.6 Å². The average molecular weight is 372 g/mol. The minimum atomic E-state index is -3.91. The highest BCUT2D eigenvalue weighted by molar-refractivity contribution is 9.10. The third-order valence-corrected chi connectivity index (χ3v) is 4.61. The zero-order valence-electron chi connectivity index (χ0n) is 10.4. The van der Waals surface area contributed by atoms with E-state index in [1.165, 1.54) is 36.4 Å². The Bertz CT molecular complexity index is 804. The quantitative estimate of drug-likeness (QED) is 0.716. The van der Waals surface area contributed by atoms with Gasteiger partial charge < -0.3 is 10.2 Å². The van der Waals surface area contributed by atoms with Crippen LogP contribution in [0.4, 0.5) is 5.69 Å². The molecule has 0 fully saturated rings. The number of halogens is 1. The van der Waals surface area contributed by atoms with Crippen molar-refractivity contribution in [2.24, 2.45) is 0 Å². The Morgan fingerprint density at radius 2 is 1.86 bits per heavy atom. The number of aromatic hydroxyl groups is 1. The van der Waals surface area contributed by atoms with Gasteiger partial charge in [0.15, 0.2) is 0 Å². The molecule has 0 bridgehead atoms. The highest BCUT2D eigenvalue weighted by atomic mass is 79.9. The van der Waals surface area contributed by atoms with Gasteiger partial charge in [0.2, 0.25) is 0 Å². The van der Waals surface area contributed by atoms with Crippen LogP contribution in [0.5, 0.6) is 5.75 Å². The topological polar surface area (TPSA) is 104 Å². The van der Waals surface area contributed by atoms with E-state index in [0.717, 1.165) is 6.07 Å². The second-order valence-electron chi connectivity index (χ2n) is 4.10. The third-order valence-electron chi connectivity index (χ3n) is 2.59. The summed E-state index contributed by atoms with van der Waals surface area (Å²) in [6.07, 6.45) is 0. The molecule has 0 radical (unpaired) electrons. The fourth-order valence-electron chi connectivity index (χ4n) is 1.58. The van der Waals surface area contributed by atoms with Gasteiger partial charge in [0, 0.05) is 0 Å². The Labute approximate surface area is 129 Å². The molecule has 0 amide bonds. The smallest absolute Gasteiger partial charge is 0.335 e. The Morgan fingerprint density at radius 3 is 2.48 bits per heavy atom. The lowest BCUT2D eigenvalue weighted by Crippen LogP contribution is -2.13. The molecule has 2 rings (SSSR count). The number of hydrogen-bond donors (Lipinski definition) is 3. The Morgan fingerprint density at radius 1 is 1.14 bits per heavy atom. The monoisotopic (exact) mass is 371 g/mol. The van der Waals surface area contributed by atoms with E-state index in [0.29, 0.717) is 4.47 Å². The van der Waals surface area contributed by atoms with Gasteiger partial charge in [-0.2, -0.15) is 0 Å². The molecule has 0 aromatic heterocycles. The van der Waals surface area contributed by atoms with E-state index in [2.05, 4.69) is 20.7 Å². The van der Waals surface area contributed by atoms with Gasteiger partial charge in [-0.1, -0.05) is 6.07 Å². The number of phenolic OH excluding ortho intramolecular Hbond substituents is 1. The number of benzene rings is 2. The number of anilines is 1. The summed E-state index contributed by atoms with van der Waals surface area (Å²) >= 11 is 3.08. The zero-order valence-corrected chi connectivity index (χ0v) is 12.8. The molecule has 3 N–H and O–H groups in total. The summed E-state index contributed by atoms with van der Waals surface area (Å²) in [5, 5.41) is 18.2. The van der Waals surface area contributed by atoms with Crippen molar-refractivity contribution >= 4 is 37.6 Å². The largest absolute Gasteiger partial charge is 0.507 e. The van der Waals surface area contributed by atoms with Crippen LogP contribution >= 0.6 is 15.9 Å². The van der Waals surface area contributed by atoms with Crippen LogP contribution in [0.2, 0.25) is 0 Å². The van der Waals surface area contributed by atoms with Crippen LogP contribution in [0.15, 0.2) is 51.8 Å². The number of aromatic carboxylic acids is 1. The summed E-state index contributed by atoms with van der Waals surface area (Å²) in [4.78, 5) is 10.7. The maximum absolute atomic E-state index is 12.2. The van der Waals surface area contributed by atoms with Crippen molar-refractivity contribution in [3.05, 3.63) is 52.5 Å². The number of phenols is 1. The van der Waals surface area contributed by atoms with E-state index in [1.54, 1.807) is 0 Å². The summed E-state index contributed by atoms with van der Waals surface area (Å²) in [6, 6.07) is 9.13. The first-order valence-corrected chi connectivity index (χ1v) is 7.92. The van der Waals surface area contributed by atoms with Crippen molar-refractivity contribution in [3.8, 4) is 5.75 Å². The number of carbonyl (C=O) groups is 1. The van der Waals surface area contributed by atoms with Crippen LogP contribution in [0, 0.1) is 0 Å². The highest BCUT2D eigenvalue weighted by Crippen LogP contribution is 2.28. The molecule has 2 aromatic rings. The van der Waals surface area contributed by atoms with Crippen molar-refractivity contribution in [3.63, 3.8) is 0 Å². The summed E-state index contributed by atoms with van der Waals surface area (Å²) in [5.74, 6) is -1.23. The van der Waals surface area contributed by atoms with Crippen molar-refractivity contribution in [2.75, 3.05) is 4.72 Å². The molecule has 8 heteroatoms. The van der Waals surface area contributed by atoms with E-state index >= 15 is 0 Å². The zero-order chi connectivity index (χ0) is 15.6. The number of nitrogens with one attached hydrogen (secondary N) is 1. The van der Waals surface area contributed by atoms with E-state index in [-0.39, 0.29) is 21.9 Å². The molecule has 0 atom stereocenters. The van der Waals surface area contributed by atoms with Gasteiger partial charge in [0.1, 0.15) is 5.75 Å². The first-order valence-electron chi connectivity index (χ1n) is 5.64. The molecule has 0 saturated carbocycles. The highest BCUT2D eigenvalue weighted by Gasteiger charge is 2.16. The fraction of sp³-hybridized carbons (Fsp3) is 0. The number of hydrogen-bond acceptors (Lipinski definition) is 4. The minimum absolute atomic E-state index is 0.0224. The van der Waals surface area contributed by atoms with Crippen LogP contribution in [-0.2, 0) is 10.0 Å². The molecular weight excluding hydrogens is 362 g/mol. The van der Waals surface area contributed by atoms with Crippen molar-refractivity contribution < 1.29 is 23.4 Å². The molecule has 6 nitrogen and oxygen atoms in total. The number of carboxylic acids is 1. The second kappa shape index (κ2) is 5.74. The standard InChI is InChI=1S/C13H10BrNO5S/c14-11-7-9(4-5-12(11)16)15-21(19,20)10-3-1-2-8(6-10)13(17)18/h1-7,15-16H,(H,17,18). The summed E-state index contributed by atoms with van der Waals surface area (Å²) in [5.41, 5.74) is 0.116. The van der Waals surface area contributed by atoms with E-state index in [4.69, 9.17) is 5.11 Å². The molecule has 0 aliphatic rings. The fourth-order valence-corrected chi connectivity index (χ4v) is 3.05. The van der Waals surface area contributed by atoms with Gasteiger partial charge in [-0.25, -0.2) is 13.2 Å². The summed E-state index contributed by atoms with van der Waals surface area (Å²) < 4.78 is 27.0. The lowest BCUT2D eigenvalue weighted by atomic mass is 10.2. The minimum Gasteiger partial charge on any atom is -0.507 e. The summed E-state index contributed by atoms with van der Waals surface area (Å²) in [6.45, 7) is 0. The van der Waals surface area contributed by atoms with E-state index < -0.39 is 16.0 Å². The van der Waals surface area contributed by atoms with Gasteiger partial charge in [-0.15, -0.1) is 0 Å². The molecule has 0 saturated heterocycles. The molecule has 0 aliphatic heterocycles. The van der Waals surface area contributed by atoms with Crippen LogP contribution in [-0.4, -0.2) is 24.6 Å². The molecule has 21 heavy (non-hydrogen) atoms. The predicted molar refractivity (Wildman–Crippen MR) is 80.0 cm³/mol. The van der Waals surface area contributed by atoms with Gasteiger partial charge in [-0.3, -0.25) is 4.72 Å². The molecule has 0 heterocycles. The van der Waals surface area contributed by atoms with Gasteiger partial charge >= 0.3 is 5.97 Å². The first-order chi connectivity index (χ1) is 9.79. The van der Waals surface area contributed by atoms with Crippen LogP contribution in [0.1, 0.15) is 10.4 Å². The van der Waals surface area contributed by atoms with E-state index in [1.807, 2.05) is 0 Å². The average Bonchev–Trinajstić information content (AvgIpc) is 2.43. The lowest BCUT2D eigenvalue weighted by Gasteiger charge is -2.09. The Balaban J connectivity index is 2.36. The number of carboxylic acid groups (broad SMARTS) is 1. The van der Waals surface area contributed by atoms with Crippen LogP contribution in [0.25, 0.3) is 0 Å². The number of sulfonamides is 1. The van der Waals surface area contributed by atoms with Crippen LogP contribution < -0.4 is 4.72 Å².